The molecule has 0 bridgehead atoms. The molecule has 0 heterocycles. The molecule has 5 heteroatoms. The molecule has 0 aromatic carbocycles. The van der Waals surface area contributed by atoms with Gasteiger partial charge in [0.15, 0.2) is 0 Å². The van der Waals surface area contributed by atoms with E-state index in [0.717, 1.165) is 31.0 Å². The molecule has 1 amide bonds. The van der Waals surface area contributed by atoms with Crippen LogP contribution in [0.15, 0.2) is 0 Å². The number of amides is 1. The third-order valence-electron chi connectivity index (χ3n) is 1.79. The summed E-state index contributed by atoms with van der Waals surface area (Å²) in [6.07, 6.45) is 3.34. The first-order chi connectivity index (χ1) is 8.45. The lowest BCUT2D eigenvalue weighted by Gasteiger charge is -2.19. The highest BCUT2D eigenvalue weighted by Gasteiger charge is 2.15. The van der Waals surface area contributed by atoms with Crippen LogP contribution in [0.5, 0.6) is 0 Å². The highest BCUT2D eigenvalue weighted by atomic mass is 79.9. The number of hydrogen-bond acceptors (Lipinski definition) is 3. The van der Waals surface area contributed by atoms with E-state index >= 15 is 0 Å². The Hall–Kier alpha value is -0.730. The number of hydrogen-bond donors (Lipinski definition) is 1. The van der Waals surface area contributed by atoms with E-state index in [1.54, 1.807) is 20.8 Å². The van der Waals surface area contributed by atoms with Crippen molar-refractivity contribution in [2.45, 2.75) is 52.1 Å². The Morgan fingerprint density at radius 1 is 1.22 bits per heavy atom. The first-order valence-electron chi connectivity index (χ1n) is 6.08. The lowest BCUT2D eigenvalue weighted by Crippen LogP contribution is -2.32. The maximum Gasteiger partial charge on any atom is 0.431 e. The minimum absolute atomic E-state index is 0.491. The molecule has 0 radical (unpaired) electrons. The second kappa shape index (κ2) is 10.2. The number of hydroxylamine groups is 1. The van der Waals surface area contributed by atoms with Crippen molar-refractivity contribution < 1.29 is 14.4 Å². The van der Waals surface area contributed by atoms with Gasteiger partial charge in [-0.05, 0) is 33.6 Å². The second-order valence-corrected chi connectivity index (χ2v) is 5.31. The van der Waals surface area contributed by atoms with Crippen LogP contribution >= 0.6 is 15.9 Å². The Bertz CT molecular complexity index is 289. The van der Waals surface area contributed by atoms with E-state index in [2.05, 4.69) is 33.3 Å². The molecule has 0 aromatic rings. The molecule has 1 N–H and O–H groups in total. The average Bonchev–Trinajstić information content (AvgIpc) is 2.24. The van der Waals surface area contributed by atoms with Crippen molar-refractivity contribution in [2.24, 2.45) is 0 Å². The summed E-state index contributed by atoms with van der Waals surface area (Å²) in [5.41, 5.74) is 1.76. The largest absolute Gasteiger partial charge is 0.442 e. The van der Waals surface area contributed by atoms with Gasteiger partial charge in [0, 0.05) is 6.42 Å². The van der Waals surface area contributed by atoms with Crippen LogP contribution in [0.4, 0.5) is 4.79 Å². The molecule has 4 nitrogen and oxygen atoms in total. The maximum atomic E-state index is 11.2. The van der Waals surface area contributed by atoms with Gasteiger partial charge in [-0.3, -0.25) is 4.84 Å². The van der Waals surface area contributed by atoms with Crippen LogP contribution in [-0.2, 0) is 9.57 Å². The number of ether oxygens (including phenoxy) is 1. The van der Waals surface area contributed by atoms with E-state index in [1.165, 1.54) is 0 Å². The van der Waals surface area contributed by atoms with Crippen LogP contribution < -0.4 is 5.48 Å². The monoisotopic (exact) mass is 319 g/mol. The van der Waals surface area contributed by atoms with Crippen LogP contribution in [0, 0.1) is 11.8 Å². The Morgan fingerprint density at radius 3 is 2.56 bits per heavy atom. The predicted molar refractivity (Wildman–Crippen MR) is 75.4 cm³/mol. The Kier molecular flexibility index (Phi) is 9.80. The lowest BCUT2D eigenvalue weighted by atomic mass is 10.2. The van der Waals surface area contributed by atoms with Crippen LogP contribution in [-0.4, -0.2) is 23.6 Å². The van der Waals surface area contributed by atoms with E-state index in [-0.39, 0.29) is 0 Å². The van der Waals surface area contributed by atoms with Crippen molar-refractivity contribution in [2.75, 3.05) is 11.9 Å². The highest BCUT2D eigenvalue weighted by Crippen LogP contribution is 2.06. The summed E-state index contributed by atoms with van der Waals surface area (Å²) in [4.78, 5) is 16.2. The summed E-state index contributed by atoms with van der Waals surface area (Å²) in [5, 5.41) is 0.732. The third-order valence-corrected chi connectivity index (χ3v) is 2.07. The minimum atomic E-state index is -0.550. The van der Waals surface area contributed by atoms with Crippen LogP contribution in [0.1, 0.15) is 46.5 Å². The molecule has 0 spiro atoms. The zero-order chi connectivity index (χ0) is 13.9. The first kappa shape index (κ1) is 17.3. The minimum Gasteiger partial charge on any atom is -0.442 e. The molecule has 0 aliphatic heterocycles. The molecule has 0 saturated heterocycles. The van der Waals surface area contributed by atoms with Crippen molar-refractivity contribution in [3.8, 4) is 11.8 Å². The number of rotatable bonds is 6. The average molecular weight is 320 g/mol. The number of unbranched alkanes of at least 4 members (excludes halogenated alkanes) is 3. The van der Waals surface area contributed by atoms with Crippen LogP contribution in [0.25, 0.3) is 0 Å². The lowest BCUT2D eigenvalue weighted by molar-refractivity contribution is -0.00856. The highest BCUT2D eigenvalue weighted by molar-refractivity contribution is 9.09. The Morgan fingerprint density at radius 2 is 1.94 bits per heavy atom. The van der Waals surface area contributed by atoms with Gasteiger partial charge in [-0.2, -0.15) is 5.48 Å². The molecule has 0 aromatic heterocycles. The van der Waals surface area contributed by atoms with Crippen molar-refractivity contribution >= 4 is 22.0 Å². The second-order valence-electron chi connectivity index (χ2n) is 4.75. The van der Waals surface area contributed by atoms with Gasteiger partial charge in [-0.15, -0.1) is 5.92 Å². The molecular weight excluding hydrogens is 298 g/mol. The number of alkyl halides is 1. The molecule has 0 rings (SSSR count). The predicted octanol–water partition coefficient (Wildman–Crippen LogP) is 3.40. The molecular formula is C13H22BrNO3. The molecule has 0 unspecified atom stereocenters. The zero-order valence-corrected chi connectivity index (χ0v) is 12.9. The van der Waals surface area contributed by atoms with E-state index in [1.807, 2.05) is 0 Å². The molecule has 0 saturated carbocycles. The van der Waals surface area contributed by atoms with Crippen molar-refractivity contribution in [1.82, 2.24) is 5.48 Å². The van der Waals surface area contributed by atoms with Gasteiger partial charge >= 0.3 is 6.09 Å². The SMILES string of the molecule is CC(C)(C)OC(=O)NOCCCCCC#CCBr. The van der Waals surface area contributed by atoms with Crippen LogP contribution in [0.3, 0.4) is 0 Å². The zero-order valence-electron chi connectivity index (χ0n) is 11.3. The van der Waals surface area contributed by atoms with Gasteiger partial charge in [0.1, 0.15) is 5.60 Å². The fourth-order valence-corrected chi connectivity index (χ4v) is 1.31. The van der Waals surface area contributed by atoms with E-state index < -0.39 is 11.7 Å². The van der Waals surface area contributed by atoms with E-state index in [9.17, 15) is 4.79 Å². The summed E-state index contributed by atoms with van der Waals surface area (Å²) < 4.78 is 5.01. The molecule has 0 atom stereocenters. The van der Waals surface area contributed by atoms with Gasteiger partial charge < -0.3 is 4.74 Å². The number of carbonyl (C=O) groups is 1. The quantitative estimate of drug-likeness (QED) is 0.353. The first-order valence-corrected chi connectivity index (χ1v) is 7.20. The third kappa shape index (κ3) is 13.3. The Labute approximate surface area is 118 Å². The van der Waals surface area contributed by atoms with Gasteiger partial charge in [0.25, 0.3) is 0 Å². The van der Waals surface area contributed by atoms with Crippen molar-refractivity contribution in [1.29, 1.82) is 0 Å². The smallest absolute Gasteiger partial charge is 0.431 e. The fourth-order valence-electron chi connectivity index (χ4n) is 1.11. The number of carbonyl (C=O) groups excluding carboxylic acids is 1. The van der Waals surface area contributed by atoms with Crippen molar-refractivity contribution in [3.63, 3.8) is 0 Å². The van der Waals surface area contributed by atoms with Crippen molar-refractivity contribution in [3.05, 3.63) is 0 Å². The molecule has 18 heavy (non-hydrogen) atoms. The summed E-state index contributed by atoms with van der Waals surface area (Å²) in [5.74, 6) is 5.99. The Balaban J connectivity index is 3.33. The number of halogens is 1. The van der Waals surface area contributed by atoms with Gasteiger partial charge in [0.2, 0.25) is 0 Å². The van der Waals surface area contributed by atoms with Gasteiger partial charge in [-0.25, -0.2) is 4.79 Å². The van der Waals surface area contributed by atoms with Gasteiger partial charge in [0.05, 0.1) is 11.9 Å². The summed E-state index contributed by atoms with van der Waals surface area (Å²) in [6.45, 7) is 5.91. The summed E-state index contributed by atoms with van der Waals surface area (Å²) >= 11 is 3.24. The normalized spacial score (nSPS) is 10.4. The number of nitrogens with one attached hydrogen (secondary N) is 1. The van der Waals surface area contributed by atoms with Crippen LogP contribution in [0.2, 0.25) is 0 Å². The van der Waals surface area contributed by atoms with E-state index in [0.29, 0.717) is 6.61 Å². The maximum absolute atomic E-state index is 11.2. The van der Waals surface area contributed by atoms with E-state index in [4.69, 9.17) is 9.57 Å². The molecule has 104 valence electrons. The summed E-state index contributed by atoms with van der Waals surface area (Å²) in [7, 11) is 0. The summed E-state index contributed by atoms with van der Waals surface area (Å²) in [6, 6.07) is 0. The topological polar surface area (TPSA) is 47.6 Å². The molecule has 0 aliphatic carbocycles. The van der Waals surface area contributed by atoms with Gasteiger partial charge in [-0.1, -0.05) is 28.3 Å². The fraction of sp³-hybridized carbons (Fsp3) is 0.769. The molecule has 0 aliphatic rings. The standard InChI is InChI=1S/C13H22BrNO3/c1-13(2,3)18-12(16)15-17-11-9-7-5-4-6-8-10-14/h4-5,7,9-11H2,1-3H3,(H,15,16). The molecule has 0 fully saturated rings.